The van der Waals surface area contributed by atoms with Crippen molar-refractivity contribution in [1.29, 1.82) is 0 Å². The zero-order valence-electron chi connectivity index (χ0n) is 14.5. The Kier molecular flexibility index (Phi) is 5.47. The summed E-state index contributed by atoms with van der Waals surface area (Å²) >= 11 is 0. The van der Waals surface area contributed by atoms with Crippen molar-refractivity contribution in [3.63, 3.8) is 0 Å². The van der Waals surface area contributed by atoms with Crippen LogP contribution in [0.5, 0.6) is 11.6 Å². The lowest BCUT2D eigenvalue weighted by molar-refractivity contribution is 0.306. The van der Waals surface area contributed by atoms with Crippen LogP contribution in [0.3, 0.4) is 0 Å². The highest BCUT2D eigenvalue weighted by Gasteiger charge is 2.00. The van der Waals surface area contributed by atoms with E-state index in [1.54, 1.807) is 13.3 Å². The summed E-state index contributed by atoms with van der Waals surface area (Å²) in [5.41, 5.74) is 4.53. The summed E-state index contributed by atoms with van der Waals surface area (Å²) < 4.78 is 10.9. The largest absolute Gasteiger partial charge is 0.489 e. The fourth-order valence-electron chi connectivity index (χ4n) is 2.49. The first-order valence-corrected chi connectivity index (χ1v) is 8.20. The lowest BCUT2D eigenvalue weighted by Gasteiger charge is -2.08. The van der Waals surface area contributed by atoms with Crippen molar-refractivity contribution in [1.82, 2.24) is 4.98 Å². The summed E-state index contributed by atoms with van der Waals surface area (Å²) in [6.45, 7) is 2.66. The van der Waals surface area contributed by atoms with Gasteiger partial charge in [0.1, 0.15) is 12.4 Å². The molecule has 0 unspecified atom stereocenters. The van der Waals surface area contributed by atoms with Gasteiger partial charge in [0, 0.05) is 12.3 Å². The number of rotatable bonds is 6. The molecule has 0 aliphatic rings. The van der Waals surface area contributed by atoms with E-state index < -0.39 is 0 Å². The molecule has 1 heterocycles. The van der Waals surface area contributed by atoms with E-state index in [-0.39, 0.29) is 0 Å². The van der Waals surface area contributed by atoms with E-state index in [0.29, 0.717) is 12.5 Å². The fourth-order valence-corrected chi connectivity index (χ4v) is 2.49. The van der Waals surface area contributed by atoms with Crippen molar-refractivity contribution in [3.05, 3.63) is 89.6 Å². The van der Waals surface area contributed by atoms with Gasteiger partial charge in [-0.3, -0.25) is 0 Å². The summed E-state index contributed by atoms with van der Waals surface area (Å²) in [5.74, 6) is 1.49. The van der Waals surface area contributed by atoms with Crippen molar-refractivity contribution in [2.75, 3.05) is 7.11 Å². The van der Waals surface area contributed by atoms with Crippen molar-refractivity contribution < 1.29 is 9.47 Å². The first-order chi connectivity index (χ1) is 12.2. The molecule has 2 aromatic carbocycles. The Balaban J connectivity index is 1.65. The number of allylic oxidation sites excluding steroid dienone is 1. The van der Waals surface area contributed by atoms with E-state index in [4.69, 9.17) is 9.47 Å². The second-order valence-corrected chi connectivity index (χ2v) is 5.76. The average Bonchev–Trinajstić information content (AvgIpc) is 2.68. The van der Waals surface area contributed by atoms with Crippen LogP contribution in [-0.2, 0) is 6.61 Å². The molecule has 1 aromatic heterocycles. The zero-order chi connectivity index (χ0) is 17.5. The molecule has 3 heteroatoms. The highest BCUT2D eigenvalue weighted by Crippen LogP contribution is 2.21. The molecule has 0 saturated heterocycles. The molecule has 0 N–H and O–H groups in total. The maximum Gasteiger partial charge on any atom is 0.212 e. The van der Waals surface area contributed by atoms with Crippen LogP contribution in [0.25, 0.3) is 11.6 Å². The van der Waals surface area contributed by atoms with Crippen molar-refractivity contribution in [2.45, 2.75) is 13.5 Å². The van der Waals surface area contributed by atoms with E-state index >= 15 is 0 Å². The Morgan fingerprint density at radius 1 is 0.960 bits per heavy atom. The van der Waals surface area contributed by atoms with Crippen LogP contribution in [-0.4, -0.2) is 12.1 Å². The van der Waals surface area contributed by atoms with Crippen molar-refractivity contribution >= 4 is 11.6 Å². The minimum atomic E-state index is 0.576. The normalized spacial score (nSPS) is 11.2. The Hall–Kier alpha value is -3.07. The molecule has 0 fully saturated rings. The minimum Gasteiger partial charge on any atom is -0.489 e. The van der Waals surface area contributed by atoms with E-state index in [2.05, 4.69) is 42.2 Å². The molecule has 0 amide bonds. The molecular formula is C22H21NO2. The number of ether oxygens (including phenoxy) is 2. The topological polar surface area (TPSA) is 31.4 Å². The summed E-state index contributed by atoms with van der Waals surface area (Å²) in [6.07, 6.45) is 3.91. The molecule has 25 heavy (non-hydrogen) atoms. The summed E-state index contributed by atoms with van der Waals surface area (Å²) in [4.78, 5) is 4.22. The molecule has 0 radical (unpaired) electrons. The van der Waals surface area contributed by atoms with Gasteiger partial charge in [-0.1, -0.05) is 42.5 Å². The molecule has 0 aliphatic carbocycles. The number of pyridine rings is 1. The molecule has 3 aromatic rings. The van der Waals surface area contributed by atoms with Gasteiger partial charge in [0.05, 0.1) is 7.11 Å². The fraction of sp³-hybridized carbons (Fsp3) is 0.136. The molecule has 0 spiro atoms. The van der Waals surface area contributed by atoms with Gasteiger partial charge < -0.3 is 9.47 Å². The van der Waals surface area contributed by atoms with Crippen LogP contribution < -0.4 is 9.47 Å². The Morgan fingerprint density at radius 3 is 2.36 bits per heavy atom. The van der Waals surface area contributed by atoms with E-state index in [1.807, 2.05) is 42.5 Å². The Bertz CT molecular complexity index is 822. The van der Waals surface area contributed by atoms with E-state index in [1.165, 1.54) is 5.57 Å². The van der Waals surface area contributed by atoms with Gasteiger partial charge >= 0.3 is 0 Å². The molecule has 3 rings (SSSR count). The Labute approximate surface area is 148 Å². The van der Waals surface area contributed by atoms with Gasteiger partial charge in [0.25, 0.3) is 0 Å². The van der Waals surface area contributed by atoms with Crippen LogP contribution >= 0.6 is 0 Å². The molecule has 0 bridgehead atoms. The summed E-state index contributed by atoms with van der Waals surface area (Å²) in [7, 11) is 1.62. The number of aromatic nitrogens is 1. The van der Waals surface area contributed by atoms with Crippen molar-refractivity contribution in [2.24, 2.45) is 0 Å². The van der Waals surface area contributed by atoms with Crippen LogP contribution in [0.15, 0.2) is 72.9 Å². The molecule has 0 aliphatic heterocycles. The second-order valence-electron chi connectivity index (χ2n) is 5.76. The maximum absolute atomic E-state index is 5.83. The van der Waals surface area contributed by atoms with Crippen LogP contribution in [0.2, 0.25) is 0 Å². The summed E-state index contributed by atoms with van der Waals surface area (Å²) in [6, 6.07) is 22.2. The quantitative estimate of drug-likeness (QED) is 0.620. The lowest BCUT2D eigenvalue weighted by atomic mass is 10.1. The predicted molar refractivity (Wildman–Crippen MR) is 102 cm³/mol. The third-order valence-electron chi connectivity index (χ3n) is 3.91. The maximum atomic E-state index is 5.83. The van der Waals surface area contributed by atoms with Gasteiger partial charge in [0.2, 0.25) is 5.88 Å². The first kappa shape index (κ1) is 16.8. The number of methoxy groups -OCH3 is 1. The third kappa shape index (κ3) is 4.70. The highest BCUT2D eigenvalue weighted by molar-refractivity contribution is 5.80. The van der Waals surface area contributed by atoms with Gasteiger partial charge in [-0.2, -0.15) is 0 Å². The number of hydrogen-bond acceptors (Lipinski definition) is 3. The smallest absolute Gasteiger partial charge is 0.212 e. The lowest BCUT2D eigenvalue weighted by Crippen LogP contribution is -1.94. The van der Waals surface area contributed by atoms with Crippen molar-refractivity contribution in [3.8, 4) is 11.6 Å². The number of hydrogen-bond donors (Lipinski definition) is 0. The van der Waals surface area contributed by atoms with E-state index in [0.717, 1.165) is 22.4 Å². The standard InChI is InChI=1S/C22H21NO2/c1-17(14-19-8-13-22(24-2)23-15-19)20-9-11-21(12-10-20)25-16-18-6-4-3-5-7-18/h3-15H,16H2,1-2H3/b17-14-. The number of benzene rings is 2. The minimum absolute atomic E-state index is 0.576. The zero-order valence-corrected chi connectivity index (χ0v) is 14.5. The highest BCUT2D eigenvalue weighted by atomic mass is 16.5. The molecular weight excluding hydrogens is 310 g/mol. The van der Waals surface area contributed by atoms with Gasteiger partial charge in [-0.25, -0.2) is 4.98 Å². The molecule has 3 nitrogen and oxygen atoms in total. The first-order valence-electron chi connectivity index (χ1n) is 8.20. The van der Waals surface area contributed by atoms with E-state index in [9.17, 15) is 0 Å². The van der Waals surface area contributed by atoms with Crippen LogP contribution in [0.1, 0.15) is 23.6 Å². The molecule has 126 valence electrons. The van der Waals surface area contributed by atoms with Crippen LogP contribution in [0, 0.1) is 0 Å². The predicted octanol–water partition coefficient (Wildman–Crippen LogP) is 5.23. The molecule has 0 saturated carbocycles. The Morgan fingerprint density at radius 2 is 1.72 bits per heavy atom. The van der Waals surface area contributed by atoms with Gasteiger partial charge in [-0.05, 0) is 53.5 Å². The van der Waals surface area contributed by atoms with Gasteiger partial charge in [-0.15, -0.1) is 0 Å². The monoisotopic (exact) mass is 331 g/mol. The average molecular weight is 331 g/mol. The molecule has 0 atom stereocenters. The number of nitrogens with zero attached hydrogens (tertiary/aromatic N) is 1. The second kappa shape index (κ2) is 8.15. The van der Waals surface area contributed by atoms with Gasteiger partial charge in [0.15, 0.2) is 0 Å². The van der Waals surface area contributed by atoms with Crippen LogP contribution in [0.4, 0.5) is 0 Å². The SMILES string of the molecule is COc1ccc(/C=C(/C)c2ccc(OCc3ccccc3)cc2)cn1. The third-order valence-corrected chi connectivity index (χ3v) is 3.91. The summed E-state index contributed by atoms with van der Waals surface area (Å²) in [5, 5.41) is 0.